The molecule has 0 fully saturated rings. The fourth-order valence-corrected chi connectivity index (χ4v) is 2.11. The highest BCUT2D eigenvalue weighted by Gasteiger charge is 2.24. The maximum Gasteiger partial charge on any atom is 0.330 e. The SMILES string of the molecule is CCOC(=O)/C=C/C[C@](C)(N)c1cc(CC(C)=O)ccc1F. The van der Waals surface area contributed by atoms with E-state index < -0.39 is 17.3 Å². The Balaban J connectivity index is 2.91. The fourth-order valence-electron chi connectivity index (χ4n) is 2.11. The third-order valence-corrected chi connectivity index (χ3v) is 3.18. The van der Waals surface area contributed by atoms with Gasteiger partial charge in [-0.05, 0) is 38.8 Å². The van der Waals surface area contributed by atoms with Crippen molar-refractivity contribution in [2.45, 2.75) is 39.2 Å². The molecule has 0 unspecified atom stereocenters. The quantitative estimate of drug-likeness (QED) is 0.621. The number of hydrogen-bond acceptors (Lipinski definition) is 4. The molecule has 120 valence electrons. The number of esters is 1. The van der Waals surface area contributed by atoms with Gasteiger partial charge in [-0.1, -0.05) is 18.2 Å². The molecule has 0 radical (unpaired) electrons. The Kier molecular flexibility index (Phi) is 6.43. The molecular weight excluding hydrogens is 285 g/mol. The maximum absolute atomic E-state index is 14.0. The van der Waals surface area contributed by atoms with Crippen LogP contribution in [0.15, 0.2) is 30.4 Å². The van der Waals surface area contributed by atoms with E-state index >= 15 is 0 Å². The van der Waals surface area contributed by atoms with Crippen molar-refractivity contribution in [1.29, 1.82) is 0 Å². The summed E-state index contributed by atoms with van der Waals surface area (Å²) in [5.74, 6) is -0.885. The van der Waals surface area contributed by atoms with Gasteiger partial charge in [0.1, 0.15) is 11.6 Å². The van der Waals surface area contributed by atoms with Crippen molar-refractivity contribution in [2.75, 3.05) is 6.61 Å². The zero-order valence-corrected chi connectivity index (χ0v) is 13.2. The number of carbonyl (C=O) groups excluding carboxylic acids is 2. The molecule has 0 aliphatic rings. The summed E-state index contributed by atoms with van der Waals surface area (Å²) in [5, 5.41) is 0. The fraction of sp³-hybridized carbons (Fsp3) is 0.412. The molecular formula is C17H22FNO3. The number of benzene rings is 1. The number of rotatable bonds is 7. The summed E-state index contributed by atoms with van der Waals surface area (Å²) in [6, 6.07) is 4.49. The molecule has 0 heterocycles. The van der Waals surface area contributed by atoms with E-state index in [1.165, 1.54) is 19.1 Å². The van der Waals surface area contributed by atoms with Crippen LogP contribution in [0.2, 0.25) is 0 Å². The molecule has 1 aromatic rings. The van der Waals surface area contributed by atoms with Crippen molar-refractivity contribution in [1.82, 2.24) is 0 Å². The first-order chi connectivity index (χ1) is 10.3. The molecule has 2 N–H and O–H groups in total. The van der Waals surface area contributed by atoms with Gasteiger partial charge >= 0.3 is 5.97 Å². The van der Waals surface area contributed by atoms with E-state index in [9.17, 15) is 14.0 Å². The van der Waals surface area contributed by atoms with Crippen molar-refractivity contribution < 1.29 is 18.7 Å². The van der Waals surface area contributed by atoms with E-state index in [0.717, 1.165) is 5.56 Å². The van der Waals surface area contributed by atoms with Crippen molar-refractivity contribution >= 4 is 11.8 Å². The maximum atomic E-state index is 14.0. The monoisotopic (exact) mass is 307 g/mol. The zero-order chi connectivity index (χ0) is 16.8. The lowest BCUT2D eigenvalue weighted by molar-refractivity contribution is -0.137. The van der Waals surface area contributed by atoms with E-state index in [0.29, 0.717) is 12.2 Å². The Hall–Kier alpha value is -2.01. The third-order valence-electron chi connectivity index (χ3n) is 3.18. The van der Waals surface area contributed by atoms with Gasteiger partial charge in [-0.2, -0.15) is 0 Å². The zero-order valence-electron chi connectivity index (χ0n) is 13.2. The van der Waals surface area contributed by atoms with Gasteiger partial charge in [0.2, 0.25) is 0 Å². The van der Waals surface area contributed by atoms with Gasteiger partial charge in [0.05, 0.1) is 6.61 Å². The highest BCUT2D eigenvalue weighted by atomic mass is 19.1. The largest absolute Gasteiger partial charge is 0.463 e. The highest BCUT2D eigenvalue weighted by Crippen LogP contribution is 2.26. The molecule has 0 amide bonds. The number of ketones is 1. The normalized spacial score (nSPS) is 13.9. The van der Waals surface area contributed by atoms with Crippen molar-refractivity contribution in [3.05, 3.63) is 47.3 Å². The Morgan fingerprint density at radius 3 is 2.68 bits per heavy atom. The van der Waals surface area contributed by atoms with E-state index in [2.05, 4.69) is 0 Å². The molecule has 0 aliphatic carbocycles. The molecule has 4 nitrogen and oxygen atoms in total. The molecule has 0 bridgehead atoms. The first kappa shape index (κ1) is 18.0. The second-order valence-corrected chi connectivity index (χ2v) is 5.47. The standard InChI is InChI=1S/C17H22FNO3/c1-4-22-16(21)6-5-9-17(3,19)14-11-13(10-12(2)20)7-8-15(14)18/h5-8,11H,4,9-10,19H2,1-3H3/b6-5+/t17-/m0/s1. The van der Waals surface area contributed by atoms with Crippen LogP contribution in [-0.4, -0.2) is 18.4 Å². The summed E-state index contributed by atoms with van der Waals surface area (Å²) in [6.07, 6.45) is 3.36. The average Bonchev–Trinajstić information content (AvgIpc) is 2.40. The van der Waals surface area contributed by atoms with Gasteiger partial charge in [-0.25, -0.2) is 9.18 Å². The van der Waals surface area contributed by atoms with Gasteiger partial charge in [0.15, 0.2) is 0 Å². The molecule has 0 saturated heterocycles. The summed E-state index contributed by atoms with van der Waals surface area (Å²) in [4.78, 5) is 22.4. The summed E-state index contributed by atoms with van der Waals surface area (Å²) in [6.45, 7) is 5.17. The lowest BCUT2D eigenvalue weighted by Crippen LogP contribution is -2.33. The topological polar surface area (TPSA) is 69.4 Å². The predicted molar refractivity (Wildman–Crippen MR) is 82.7 cm³/mol. The van der Waals surface area contributed by atoms with Crippen LogP contribution in [0.5, 0.6) is 0 Å². The number of Topliss-reactive ketones (excluding diaryl/α,β-unsaturated/α-hetero) is 1. The minimum Gasteiger partial charge on any atom is -0.463 e. The second kappa shape index (κ2) is 7.84. The van der Waals surface area contributed by atoms with Crippen LogP contribution in [0.3, 0.4) is 0 Å². The summed E-state index contributed by atoms with van der Waals surface area (Å²) in [7, 11) is 0. The first-order valence-electron chi connectivity index (χ1n) is 7.16. The molecule has 0 aromatic heterocycles. The second-order valence-electron chi connectivity index (χ2n) is 5.47. The van der Waals surface area contributed by atoms with E-state index in [4.69, 9.17) is 10.5 Å². The molecule has 0 aliphatic heterocycles. The van der Waals surface area contributed by atoms with E-state index in [1.54, 1.807) is 32.1 Å². The van der Waals surface area contributed by atoms with Crippen molar-refractivity contribution in [3.63, 3.8) is 0 Å². The molecule has 5 heteroatoms. The van der Waals surface area contributed by atoms with Crippen molar-refractivity contribution in [2.24, 2.45) is 5.73 Å². The van der Waals surface area contributed by atoms with Crippen LogP contribution in [0.4, 0.5) is 4.39 Å². The lowest BCUT2D eigenvalue weighted by Gasteiger charge is -2.25. The number of carbonyl (C=O) groups is 2. The Bertz CT molecular complexity index is 579. The number of nitrogens with two attached hydrogens (primary N) is 1. The van der Waals surface area contributed by atoms with Gasteiger partial charge in [0, 0.05) is 23.6 Å². The smallest absolute Gasteiger partial charge is 0.330 e. The van der Waals surface area contributed by atoms with E-state index in [-0.39, 0.29) is 18.6 Å². The molecule has 1 atom stereocenters. The van der Waals surface area contributed by atoms with Crippen LogP contribution in [0.25, 0.3) is 0 Å². The molecule has 1 rings (SSSR count). The molecule has 0 spiro atoms. The van der Waals surface area contributed by atoms with Crippen LogP contribution >= 0.6 is 0 Å². The Morgan fingerprint density at radius 1 is 1.41 bits per heavy atom. The van der Waals surface area contributed by atoms with Crippen LogP contribution in [-0.2, 0) is 26.3 Å². The Morgan fingerprint density at radius 2 is 2.09 bits per heavy atom. The van der Waals surface area contributed by atoms with Crippen LogP contribution in [0.1, 0.15) is 38.3 Å². The first-order valence-corrected chi connectivity index (χ1v) is 7.16. The Labute approximate surface area is 130 Å². The van der Waals surface area contributed by atoms with Crippen LogP contribution in [0, 0.1) is 5.82 Å². The summed E-state index contributed by atoms with van der Waals surface area (Å²) in [5.41, 5.74) is 6.22. The van der Waals surface area contributed by atoms with E-state index in [1.807, 2.05) is 0 Å². The third kappa shape index (κ3) is 5.41. The number of halogens is 1. The average molecular weight is 307 g/mol. The molecule has 22 heavy (non-hydrogen) atoms. The highest BCUT2D eigenvalue weighted by molar-refractivity contribution is 5.81. The summed E-state index contributed by atoms with van der Waals surface area (Å²) >= 11 is 0. The van der Waals surface area contributed by atoms with Crippen LogP contribution < -0.4 is 5.73 Å². The lowest BCUT2D eigenvalue weighted by atomic mass is 9.87. The predicted octanol–water partition coefficient (Wildman–Crippen LogP) is 2.64. The minimum absolute atomic E-state index is 0.00140. The van der Waals surface area contributed by atoms with Gasteiger partial charge in [0.25, 0.3) is 0 Å². The molecule has 0 saturated carbocycles. The minimum atomic E-state index is -0.986. The van der Waals surface area contributed by atoms with Gasteiger partial charge in [-0.3, -0.25) is 4.79 Å². The number of ether oxygens (including phenoxy) is 1. The summed E-state index contributed by atoms with van der Waals surface area (Å²) < 4.78 is 18.8. The molecule has 1 aromatic carbocycles. The van der Waals surface area contributed by atoms with Crippen molar-refractivity contribution in [3.8, 4) is 0 Å². The number of hydrogen-bond donors (Lipinski definition) is 1. The van der Waals surface area contributed by atoms with Gasteiger partial charge < -0.3 is 10.5 Å². The van der Waals surface area contributed by atoms with Gasteiger partial charge in [-0.15, -0.1) is 0 Å².